The summed E-state index contributed by atoms with van der Waals surface area (Å²) in [5.41, 5.74) is 6.34. The number of hydrogen-bond donors (Lipinski definition) is 3. The highest BCUT2D eigenvalue weighted by Gasteiger charge is 2.28. The van der Waals surface area contributed by atoms with Gasteiger partial charge in [0.1, 0.15) is 11.8 Å². The molecule has 0 saturated carbocycles. The molecule has 1 aromatic rings. The molecule has 0 aliphatic carbocycles. The fourth-order valence-corrected chi connectivity index (χ4v) is 1.92. The maximum atomic E-state index is 12.0. The number of amides is 2. The van der Waals surface area contributed by atoms with Crippen LogP contribution in [0.15, 0.2) is 12.1 Å². The first-order valence-corrected chi connectivity index (χ1v) is 6.08. The zero-order valence-corrected chi connectivity index (χ0v) is 11.3. The van der Waals surface area contributed by atoms with Gasteiger partial charge in [-0.05, 0) is 18.6 Å². The number of halogens is 1. The zero-order valence-electron chi connectivity index (χ0n) is 10.5. The van der Waals surface area contributed by atoms with Gasteiger partial charge in [-0.25, -0.2) is 5.43 Å². The summed E-state index contributed by atoms with van der Waals surface area (Å²) in [7, 11) is 1.50. The van der Waals surface area contributed by atoms with Crippen molar-refractivity contribution < 1.29 is 14.3 Å². The van der Waals surface area contributed by atoms with Gasteiger partial charge in [-0.3, -0.25) is 15.0 Å². The third-order valence-corrected chi connectivity index (χ3v) is 3.24. The second-order valence-electron chi connectivity index (χ2n) is 4.24. The van der Waals surface area contributed by atoms with E-state index < -0.39 is 6.04 Å². The molecule has 2 rings (SSSR count). The molecule has 19 heavy (non-hydrogen) atoms. The van der Waals surface area contributed by atoms with E-state index in [9.17, 15) is 9.59 Å². The van der Waals surface area contributed by atoms with E-state index in [-0.39, 0.29) is 18.2 Å². The molecule has 2 amide bonds. The number of benzene rings is 1. The van der Waals surface area contributed by atoms with Gasteiger partial charge in [-0.15, -0.1) is 0 Å². The molecule has 0 bridgehead atoms. The molecule has 3 N–H and O–H groups in total. The van der Waals surface area contributed by atoms with Crippen LogP contribution in [0.25, 0.3) is 0 Å². The summed E-state index contributed by atoms with van der Waals surface area (Å²) < 4.78 is 5.16. The van der Waals surface area contributed by atoms with E-state index in [2.05, 4.69) is 16.2 Å². The number of hydrogen-bond acceptors (Lipinski definition) is 4. The Morgan fingerprint density at radius 1 is 1.53 bits per heavy atom. The van der Waals surface area contributed by atoms with Gasteiger partial charge in [-0.1, -0.05) is 11.6 Å². The van der Waals surface area contributed by atoms with Crippen molar-refractivity contribution >= 4 is 29.1 Å². The lowest BCUT2D eigenvalue weighted by molar-refractivity contribution is -0.121. The van der Waals surface area contributed by atoms with Gasteiger partial charge in [0.05, 0.1) is 19.2 Å². The van der Waals surface area contributed by atoms with E-state index >= 15 is 0 Å². The van der Waals surface area contributed by atoms with Gasteiger partial charge in [0, 0.05) is 11.1 Å². The van der Waals surface area contributed by atoms with E-state index in [0.29, 0.717) is 16.5 Å². The summed E-state index contributed by atoms with van der Waals surface area (Å²) in [4.78, 5) is 23.0. The van der Waals surface area contributed by atoms with Gasteiger partial charge < -0.3 is 10.1 Å². The Labute approximate surface area is 115 Å². The molecule has 102 valence electrons. The van der Waals surface area contributed by atoms with E-state index in [0.717, 1.165) is 5.56 Å². The van der Waals surface area contributed by atoms with Crippen LogP contribution >= 0.6 is 11.6 Å². The average molecular weight is 284 g/mol. The van der Waals surface area contributed by atoms with E-state index in [1.165, 1.54) is 7.11 Å². The zero-order chi connectivity index (χ0) is 14.0. The number of rotatable bonds is 3. The Kier molecular flexibility index (Phi) is 3.92. The average Bonchev–Trinajstić information content (AvgIpc) is 2.80. The Morgan fingerprint density at radius 2 is 2.26 bits per heavy atom. The Morgan fingerprint density at radius 3 is 2.84 bits per heavy atom. The molecular weight excluding hydrogens is 270 g/mol. The number of anilines is 1. The van der Waals surface area contributed by atoms with Gasteiger partial charge in [0.15, 0.2) is 0 Å². The van der Waals surface area contributed by atoms with Crippen LogP contribution in [-0.4, -0.2) is 25.0 Å². The van der Waals surface area contributed by atoms with E-state index in [1.807, 2.05) is 6.92 Å². The van der Waals surface area contributed by atoms with Crippen LogP contribution in [0.1, 0.15) is 12.0 Å². The second kappa shape index (κ2) is 5.46. The minimum absolute atomic E-state index is 0.112. The lowest BCUT2D eigenvalue weighted by atomic mass is 10.1. The monoisotopic (exact) mass is 283 g/mol. The van der Waals surface area contributed by atoms with Crippen molar-refractivity contribution in [1.29, 1.82) is 0 Å². The first-order chi connectivity index (χ1) is 9.01. The van der Waals surface area contributed by atoms with Gasteiger partial charge in [0.25, 0.3) is 0 Å². The fourth-order valence-electron chi connectivity index (χ4n) is 1.76. The summed E-state index contributed by atoms with van der Waals surface area (Å²) in [6.07, 6.45) is 0.112. The van der Waals surface area contributed by atoms with Gasteiger partial charge in [-0.2, -0.15) is 0 Å². The molecular formula is C12H14ClN3O3. The molecule has 7 heteroatoms. The minimum Gasteiger partial charge on any atom is -0.495 e. The molecule has 1 aliphatic rings. The number of ether oxygens (including phenoxy) is 1. The van der Waals surface area contributed by atoms with Crippen molar-refractivity contribution in [3.63, 3.8) is 0 Å². The molecule has 0 spiro atoms. The third-order valence-electron chi connectivity index (χ3n) is 2.83. The van der Waals surface area contributed by atoms with Gasteiger partial charge >= 0.3 is 0 Å². The highest BCUT2D eigenvalue weighted by atomic mass is 35.5. The molecule has 6 nitrogen and oxygen atoms in total. The van der Waals surface area contributed by atoms with Crippen LogP contribution in [0.3, 0.4) is 0 Å². The third kappa shape index (κ3) is 2.97. The fraction of sp³-hybridized carbons (Fsp3) is 0.333. The van der Waals surface area contributed by atoms with Crippen molar-refractivity contribution in [2.75, 3.05) is 12.4 Å². The SMILES string of the molecule is COc1cc(Cl)c(C)cc1NC(=O)C1CC(=O)NN1. The summed E-state index contributed by atoms with van der Waals surface area (Å²) in [5.74, 6) is -0.0426. The first kappa shape index (κ1) is 13.6. The highest BCUT2D eigenvalue weighted by molar-refractivity contribution is 6.31. The molecule has 1 saturated heterocycles. The molecule has 1 aliphatic heterocycles. The van der Waals surface area contributed by atoms with Crippen LogP contribution in [0, 0.1) is 6.92 Å². The number of methoxy groups -OCH3 is 1. The Hall–Kier alpha value is -1.79. The summed E-state index contributed by atoms with van der Waals surface area (Å²) >= 11 is 5.99. The number of carbonyl (C=O) groups is 2. The largest absolute Gasteiger partial charge is 0.495 e. The molecule has 1 fully saturated rings. The maximum absolute atomic E-state index is 12.0. The minimum atomic E-state index is -0.590. The molecule has 1 unspecified atom stereocenters. The molecule has 0 aromatic heterocycles. The Bertz CT molecular complexity index is 533. The molecule has 1 heterocycles. The molecule has 1 atom stereocenters. The lowest BCUT2D eigenvalue weighted by Crippen LogP contribution is -2.39. The van der Waals surface area contributed by atoms with Crippen LogP contribution < -0.4 is 20.9 Å². The van der Waals surface area contributed by atoms with Crippen LogP contribution in [-0.2, 0) is 9.59 Å². The molecule has 1 aromatic carbocycles. The number of aryl methyl sites for hydroxylation is 1. The van der Waals surface area contributed by atoms with Gasteiger partial charge in [0.2, 0.25) is 11.8 Å². The van der Waals surface area contributed by atoms with Crippen molar-refractivity contribution in [2.45, 2.75) is 19.4 Å². The quantitative estimate of drug-likeness (QED) is 0.773. The van der Waals surface area contributed by atoms with Crippen molar-refractivity contribution in [1.82, 2.24) is 10.9 Å². The van der Waals surface area contributed by atoms with Crippen LogP contribution in [0.2, 0.25) is 5.02 Å². The van der Waals surface area contributed by atoms with E-state index in [1.54, 1.807) is 12.1 Å². The normalized spacial score (nSPS) is 18.1. The van der Waals surface area contributed by atoms with Crippen molar-refractivity contribution in [3.8, 4) is 5.75 Å². The smallest absolute Gasteiger partial charge is 0.243 e. The number of hydrazine groups is 1. The maximum Gasteiger partial charge on any atom is 0.243 e. The summed E-state index contributed by atoms with van der Waals surface area (Å²) in [6, 6.07) is 2.77. The van der Waals surface area contributed by atoms with Crippen molar-refractivity contribution in [3.05, 3.63) is 22.7 Å². The summed E-state index contributed by atoms with van der Waals surface area (Å²) in [5, 5.41) is 3.28. The first-order valence-electron chi connectivity index (χ1n) is 5.70. The van der Waals surface area contributed by atoms with E-state index in [4.69, 9.17) is 16.3 Å². The second-order valence-corrected chi connectivity index (χ2v) is 4.65. The van der Waals surface area contributed by atoms with Crippen LogP contribution in [0.4, 0.5) is 5.69 Å². The topological polar surface area (TPSA) is 79.5 Å². The molecule has 0 radical (unpaired) electrons. The predicted octanol–water partition coefficient (Wildman–Crippen LogP) is 0.989. The standard InChI is InChI=1S/C12H14ClN3O3/c1-6-3-8(10(19-2)4-7(6)13)14-12(18)9-5-11(17)16-15-9/h3-4,9,15H,5H2,1-2H3,(H,14,18)(H,16,17). The lowest BCUT2D eigenvalue weighted by Gasteiger charge is -2.14. The van der Waals surface area contributed by atoms with Crippen LogP contribution in [0.5, 0.6) is 5.75 Å². The number of nitrogens with one attached hydrogen (secondary N) is 3. The highest BCUT2D eigenvalue weighted by Crippen LogP contribution is 2.31. The van der Waals surface area contributed by atoms with Crippen molar-refractivity contribution in [2.24, 2.45) is 0 Å². The summed E-state index contributed by atoms with van der Waals surface area (Å²) in [6.45, 7) is 1.83. The Balaban J connectivity index is 2.16. The predicted molar refractivity (Wildman–Crippen MR) is 71.1 cm³/mol. The number of carbonyl (C=O) groups excluding carboxylic acids is 2.